The third-order valence-corrected chi connectivity index (χ3v) is 4.36. The van der Waals surface area contributed by atoms with E-state index in [1.807, 2.05) is 30.5 Å². The summed E-state index contributed by atoms with van der Waals surface area (Å²) in [7, 11) is 0. The average molecular weight is 336 g/mol. The van der Waals surface area contributed by atoms with Crippen molar-refractivity contribution in [3.63, 3.8) is 0 Å². The Hall–Kier alpha value is -1.85. The number of carbonyl (C=O) groups excluding carboxylic acids is 1. The largest absolute Gasteiger partial charge is 0.454 e. The van der Waals surface area contributed by atoms with Crippen molar-refractivity contribution < 1.29 is 14.3 Å². The monoisotopic (exact) mass is 335 g/mol. The van der Waals surface area contributed by atoms with E-state index in [2.05, 4.69) is 5.32 Å². The van der Waals surface area contributed by atoms with Crippen LogP contribution >= 0.6 is 23.4 Å². The number of ether oxygens (including phenoxy) is 2. The van der Waals surface area contributed by atoms with E-state index in [9.17, 15) is 4.79 Å². The zero-order chi connectivity index (χ0) is 15.5. The Morgan fingerprint density at radius 2 is 2.05 bits per heavy atom. The van der Waals surface area contributed by atoms with E-state index in [1.54, 1.807) is 23.9 Å². The van der Waals surface area contributed by atoms with Gasteiger partial charge in [0.2, 0.25) is 6.79 Å². The Bertz CT molecular complexity index is 721. The van der Waals surface area contributed by atoms with Crippen molar-refractivity contribution >= 4 is 29.3 Å². The number of hydrogen-bond donors (Lipinski definition) is 1. The zero-order valence-electron chi connectivity index (χ0n) is 11.9. The standard InChI is InChI=1S/C16H14ClNO3S/c1-22-11-3-4-13(17)12(7-11)16(19)18-8-10-2-5-14-15(6-10)21-9-20-14/h2-7H,8-9H2,1H3,(H,18,19). The number of nitrogens with one attached hydrogen (secondary N) is 1. The molecule has 0 unspecified atom stereocenters. The van der Waals surface area contributed by atoms with E-state index >= 15 is 0 Å². The number of carbonyl (C=O) groups is 1. The van der Waals surface area contributed by atoms with Crippen LogP contribution in [-0.4, -0.2) is 19.0 Å². The number of amides is 1. The molecule has 1 amide bonds. The number of thioether (sulfide) groups is 1. The minimum atomic E-state index is -0.196. The molecule has 3 rings (SSSR count). The van der Waals surface area contributed by atoms with Gasteiger partial charge in [0.25, 0.3) is 5.91 Å². The fourth-order valence-corrected chi connectivity index (χ4v) is 2.78. The van der Waals surface area contributed by atoms with E-state index < -0.39 is 0 Å². The average Bonchev–Trinajstić information content (AvgIpc) is 3.00. The zero-order valence-corrected chi connectivity index (χ0v) is 13.5. The van der Waals surface area contributed by atoms with E-state index in [-0.39, 0.29) is 12.7 Å². The van der Waals surface area contributed by atoms with Crippen LogP contribution in [0.3, 0.4) is 0 Å². The first kappa shape index (κ1) is 15.1. The molecule has 1 heterocycles. The van der Waals surface area contributed by atoms with Crippen molar-refractivity contribution in [1.82, 2.24) is 5.32 Å². The van der Waals surface area contributed by atoms with Gasteiger partial charge in [0, 0.05) is 11.4 Å². The number of hydrogen-bond acceptors (Lipinski definition) is 4. The number of halogens is 1. The predicted molar refractivity (Wildman–Crippen MR) is 87.0 cm³/mol. The normalized spacial score (nSPS) is 12.3. The summed E-state index contributed by atoms with van der Waals surface area (Å²) < 4.78 is 10.6. The van der Waals surface area contributed by atoms with Crippen LogP contribution < -0.4 is 14.8 Å². The minimum Gasteiger partial charge on any atom is -0.454 e. The van der Waals surface area contributed by atoms with Crippen LogP contribution in [0.1, 0.15) is 15.9 Å². The highest BCUT2D eigenvalue weighted by molar-refractivity contribution is 7.98. The summed E-state index contributed by atoms with van der Waals surface area (Å²) in [5.74, 6) is 1.23. The summed E-state index contributed by atoms with van der Waals surface area (Å²) in [5, 5.41) is 3.31. The lowest BCUT2D eigenvalue weighted by molar-refractivity contribution is 0.0950. The summed E-state index contributed by atoms with van der Waals surface area (Å²) in [5.41, 5.74) is 1.42. The van der Waals surface area contributed by atoms with Gasteiger partial charge in [-0.05, 0) is 42.2 Å². The first-order valence-corrected chi connectivity index (χ1v) is 8.28. The maximum atomic E-state index is 12.3. The highest BCUT2D eigenvalue weighted by Gasteiger charge is 2.14. The van der Waals surface area contributed by atoms with Gasteiger partial charge in [-0.1, -0.05) is 17.7 Å². The Kier molecular flexibility index (Phi) is 4.45. The van der Waals surface area contributed by atoms with Gasteiger partial charge in [0.15, 0.2) is 11.5 Å². The lowest BCUT2D eigenvalue weighted by atomic mass is 10.1. The number of fused-ring (bicyclic) bond motifs is 1. The molecular weight excluding hydrogens is 322 g/mol. The summed E-state index contributed by atoms with van der Waals surface area (Å²) in [6.07, 6.45) is 1.96. The minimum absolute atomic E-state index is 0.196. The Labute approximate surface area is 137 Å². The molecule has 2 aromatic carbocycles. The fourth-order valence-electron chi connectivity index (χ4n) is 2.13. The Morgan fingerprint density at radius 3 is 2.86 bits per heavy atom. The molecule has 22 heavy (non-hydrogen) atoms. The molecule has 0 bridgehead atoms. The molecule has 1 aliphatic rings. The first-order valence-electron chi connectivity index (χ1n) is 6.67. The van der Waals surface area contributed by atoms with Gasteiger partial charge < -0.3 is 14.8 Å². The van der Waals surface area contributed by atoms with Crippen LogP contribution in [-0.2, 0) is 6.54 Å². The second-order valence-corrected chi connectivity index (χ2v) is 6.00. The summed E-state index contributed by atoms with van der Waals surface area (Å²) >= 11 is 7.67. The van der Waals surface area contributed by atoms with Crippen LogP contribution in [0.25, 0.3) is 0 Å². The molecule has 0 saturated carbocycles. The molecule has 6 heteroatoms. The van der Waals surface area contributed by atoms with Crippen LogP contribution in [0.2, 0.25) is 5.02 Å². The van der Waals surface area contributed by atoms with Crippen LogP contribution in [0, 0.1) is 0 Å². The Balaban J connectivity index is 1.70. The van der Waals surface area contributed by atoms with E-state index in [1.165, 1.54) is 0 Å². The van der Waals surface area contributed by atoms with Gasteiger partial charge in [-0.3, -0.25) is 4.79 Å². The van der Waals surface area contributed by atoms with Crippen molar-refractivity contribution in [1.29, 1.82) is 0 Å². The van der Waals surface area contributed by atoms with Crippen LogP contribution in [0.4, 0.5) is 0 Å². The summed E-state index contributed by atoms with van der Waals surface area (Å²) in [6.45, 7) is 0.636. The topological polar surface area (TPSA) is 47.6 Å². The van der Waals surface area contributed by atoms with Gasteiger partial charge in [0.05, 0.1) is 10.6 Å². The molecule has 0 atom stereocenters. The molecule has 1 aliphatic heterocycles. The smallest absolute Gasteiger partial charge is 0.253 e. The fraction of sp³-hybridized carbons (Fsp3) is 0.188. The van der Waals surface area contributed by atoms with Crippen molar-refractivity contribution in [2.75, 3.05) is 13.0 Å². The van der Waals surface area contributed by atoms with E-state index in [0.29, 0.717) is 22.9 Å². The maximum Gasteiger partial charge on any atom is 0.253 e. The molecule has 0 radical (unpaired) electrons. The SMILES string of the molecule is CSc1ccc(Cl)c(C(=O)NCc2ccc3c(c2)OCO3)c1. The molecule has 4 nitrogen and oxygen atoms in total. The molecule has 0 fully saturated rings. The maximum absolute atomic E-state index is 12.3. The van der Waals surface area contributed by atoms with Crippen LogP contribution in [0.5, 0.6) is 11.5 Å². The highest BCUT2D eigenvalue weighted by Crippen LogP contribution is 2.32. The second kappa shape index (κ2) is 6.50. The van der Waals surface area contributed by atoms with Crippen LogP contribution in [0.15, 0.2) is 41.3 Å². The molecule has 1 N–H and O–H groups in total. The van der Waals surface area contributed by atoms with E-state index in [0.717, 1.165) is 16.2 Å². The van der Waals surface area contributed by atoms with E-state index in [4.69, 9.17) is 21.1 Å². The molecule has 0 aromatic heterocycles. The third-order valence-electron chi connectivity index (χ3n) is 3.31. The molecule has 2 aromatic rings. The van der Waals surface area contributed by atoms with Crippen molar-refractivity contribution in [3.8, 4) is 11.5 Å². The number of rotatable bonds is 4. The molecule has 114 valence electrons. The third kappa shape index (κ3) is 3.15. The lowest BCUT2D eigenvalue weighted by Crippen LogP contribution is -2.23. The number of benzene rings is 2. The first-order chi connectivity index (χ1) is 10.7. The summed E-state index contributed by atoms with van der Waals surface area (Å²) in [6, 6.07) is 11.0. The van der Waals surface area contributed by atoms with Gasteiger partial charge in [-0.15, -0.1) is 11.8 Å². The summed E-state index contributed by atoms with van der Waals surface area (Å²) in [4.78, 5) is 13.3. The van der Waals surface area contributed by atoms with Gasteiger partial charge >= 0.3 is 0 Å². The van der Waals surface area contributed by atoms with Gasteiger partial charge in [0.1, 0.15) is 0 Å². The van der Waals surface area contributed by atoms with Crippen molar-refractivity contribution in [3.05, 3.63) is 52.5 Å². The molecule has 0 saturated heterocycles. The lowest BCUT2D eigenvalue weighted by Gasteiger charge is -2.09. The van der Waals surface area contributed by atoms with Gasteiger partial charge in [-0.2, -0.15) is 0 Å². The van der Waals surface area contributed by atoms with Crippen molar-refractivity contribution in [2.24, 2.45) is 0 Å². The predicted octanol–water partition coefficient (Wildman–Crippen LogP) is 3.72. The van der Waals surface area contributed by atoms with Crippen molar-refractivity contribution in [2.45, 2.75) is 11.4 Å². The highest BCUT2D eigenvalue weighted by atomic mass is 35.5. The second-order valence-electron chi connectivity index (χ2n) is 4.72. The molecule has 0 aliphatic carbocycles. The quantitative estimate of drug-likeness (QED) is 0.865. The van der Waals surface area contributed by atoms with Gasteiger partial charge in [-0.25, -0.2) is 0 Å². The molecule has 0 spiro atoms. The molecular formula is C16H14ClNO3S. The Morgan fingerprint density at radius 1 is 1.23 bits per heavy atom.